The lowest BCUT2D eigenvalue weighted by molar-refractivity contribution is 0.00375. The zero-order chi connectivity index (χ0) is 15.3. The van der Waals surface area contributed by atoms with Crippen LogP contribution in [0.5, 0.6) is 5.75 Å². The molecule has 0 aromatic heterocycles. The fourth-order valence-corrected chi connectivity index (χ4v) is 3.85. The summed E-state index contributed by atoms with van der Waals surface area (Å²) in [5.41, 5.74) is 0.0808. The van der Waals surface area contributed by atoms with E-state index in [1.807, 2.05) is 0 Å². The van der Waals surface area contributed by atoms with E-state index in [-0.39, 0.29) is 5.60 Å². The van der Waals surface area contributed by atoms with Gasteiger partial charge in [-0.05, 0) is 63.0 Å². The Morgan fingerprint density at radius 1 is 1.14 bits per heavy atom. The fraction of sp³-hybridized carbons (Fsp3) is 0.700. The first-order valence-corrected chi connectivity index (χ1v) is 9.15. The quantitative estimate of drug-likeness (QED) is 0.476. The average Bonchev–Trinajstić information content (AvgIpc) is 3.35. The summed E-state index contributed by atoms with van der Waals surface area (Å²) in [7, 11) is 0. The van der Waals surface area contributed by atoms with Crippen molar-refractivity contribution in [1.29, 1.82) is 0 Å². The smallest absolute Gasteiger partial charge is 0.120 e. The van der Waals surface area contributed by atoms with E-state index in [4.69, 9.17) is 9.47 Å². The molecule has 0 N–H and O–H groups in total. The van der Waals surface area contributed by atoms with Crippen LogP contribution in [-0.4, -0.2) is 18.3 Å². The van der Waals surface area contributed by atoms with Crippen LogP contribution in [0.25, 0.3) is 0 Å². The zero-order valence-electron chi connectivity index (χ0n) is 13.9. The van der Waals surface area contributed by atoms with Crippen molar-refractivity contribution in [2.24, 2.45) is 5.92 Å². The predicted octanol–water partition coefficient (Wildman–Crippen LogP) is 5.36. The number of hydrogen-bond donors (Lipinski definition) is 0. The molecule has 1 atom stereocenters. The summed E-state index contributed by atoms with van der Waals surface area (Å²) in [6.45, 7) is 3.27. The molecule has 2 nitrogen and oxygen atoms in total. The molecular formula is C20H30O2. The Labute approximate surface area is 135 Å². The monoisotopic (exact) mass is 302 g/mol. The number of hydrogen-bond acceptors (Lipinski definition) is 2. The second kappa shape index (κ2) is 7.50. The summed E-state index contributed by atoms with van der Waals surface area (Å²) in [5.74, 6) is 1.90. The molecule has 0 radical (unpaired) electrons. The SMILES string of the molecule is CCCCCC1(Oc2ccccc2)CCC(C[C@H]2CO2)CC1. The first kappa shape index (κ1) is 15.9. The molecular weight excluding hydrogens is 272 g/mol. The lowest BCUT2D eigenvalue weighted by atomic mass is 9.74. The van der Waals surface area contributed by atoms with Gasteiger partial charge in [0.05, 0.1) is 12.7 Å². The molecule has 2 aliphatic rings. The van der Waals surface area contributed by atoms with Crippen LogP contribution < -0.4 is 4.74 Å². The number of benzene rings is 1. The van der Waals surface area contributed by atoms with Gasteiger partial charge in [0.2, 0.25) is 0 Å². The third-order valence-corrected chi connectivity index (χ3v) is 5.33. The molecule has 1 heterocycles. The van der Waals surface area contributed by atoms with E-state index in [0.29, 0.717) is 6.10 Å². The maximum Gasteiger partial charge on any atom is 0.120 e. The van der Waals surface area contributed by atoms with Crippen LogP contribution in [0.3, 0.4) is 0 Å². The van der Waals surface area contributed by atoms with Crippen molar-refractivity contribution < 1.29 is 9.47 Å². The van der Waals surface area contributed by atoms with E-state index in [0.717, 1.165) is 18.3 Å². The molecule has 1 aromatic carbocycles. The van der Waals surface area contributed by atoms with Gasteiger partial charge < -0.3 is 9.47 Å². The Balaban J connectivity index is 1.59. The highest BCUT2D eigenvalue weighted by Gasteiger charge is 2.38. The number of ether oxygens (including phenoxy) is 2. The minimum Gasteiger partial charge on any atom is -0.487 e. The van der Waals surface area contributed by atoms with E-state index in [9.17, 15) is 0 Å². The Kier molecular flexibility index (Phi) is 5.41. The van der Waals surface area contributed by atoms with Crippen molar-refractivity contribution in [2.45, 2.75) is 76.4 Å². The number of rotatable bonds is 8. The zero-order valence-corrected chi connectivity index (χ0v) is 13.9. The third kappa shape index (κ3) is 4.49. The normalized spacial score (nSPS) is 31.0. The summed E-state index contributed by atoms with van der Waals surface area (Å²) in [4.78, 5) is 0. The lowest BCUT2D eigenvalue weighted by Crippen LogP contribution is -2.40. The minimum atomic E-state index is 0.0808. The van der Waals surface area contributed by atoms with Crippen molar-refractivity contribution >= 4 is 0 Å². The van der Waals surface area contributed by atoms with Crippen LogP contribution in [-0.2, 0) is 4.74 Å². The van der Waals surface area contributed by atoms with Crippen molar-refractivity contribution in [3.8, 4) is 5.75 Å². The van der Waals surface area contributed by atoms with Gasteiger partial charge in [-0.2, -0.15) is 0 Å². The molecule has 3 rings (SSSR count). The molecule has 1 aliphatic heterocycles. The molecule has 0 amide bonds. The van der Waals surface area contributed by atoms with Crippen molar-refractivity contribution in [2.75, 3.05) is 6.61 Å². The van der Waals surface area contributed by atoms with E-state index in [1.54, 1.807) is 0 Å². The van der Waals surface area contributed by atoms with Gasteiger partial charge in [0.15, 0.2) is 0 Å². The highest BCUT2D eigenvalue weighted by atomic mass is 16.6. The van der Waals surface area contributed by atoms with Crippen molar-refractivity contribution in [3.05, 3.63) is 30.3 Å². The predicted molar refractivity (Wildman–Crippen MR) is 90.3 cm³/mol. The lowest BCUT2D eigenvalue weighted by Gasteiger charge is -2.40. The number of unbranched alkanes of at least 4 members (excludes halogenated alkanes) is 2. The molecule has 2 fully saturated rings. The number of para-hydroxylation sites is 1. The van der Waals surface area contributed by atoms with E-state index < -0.39 is 0 Å². The maximum atomic E-state index is 6.53. The van der Waals surface area contributed by atoms with Crippen LogP contribution in [0.15, 0.2) is 30.3 Å². The van der Waals surface area contributed by atoms with Crippen molar-refractivity contribution in [1.82, 2.24) is 0 Å². The summed E-state index contributed by atoms with van der Waals surface area (Å²) < 4.78 is 11.9. The van der Waals surface area contributed by atoms with Gasteiger partial charge in [-0.25, -0.2) is 0 Å². The summed E-state index contributed by atoms with van der Waals surface area (Å²) >= 11 is 0. The molecule has 1 saturated carbocycles. The molecule has 0 bridgehead atoms. The molecule has 1 saturated heterocycles. The van der Waals surface area contributed by atoms with Crippen LogP contribution in [0.1, 0.15) is 64.7 Å². The fourth-order valence-electron chi connectivity index (χ4n) is 3.85. The van der Waals surface area contributed by atoms with Gasteiger partial charge in [-0.15, -0.1) is 0 Å². The Morgan fingerprint density at radius 3 is 2.50 bits per heavy atom. The molecule has 1 aliphatic carbocycles. The van der Waals surface area contributed by atoms with Gasteiger partial charge >= 0.3 is 0 Å². The largest absolute Gasteiger partial charge is 0.487 e. The Morgan fingerprint density at radius 2 is 1.86 bits per heavy atom. The van der Waals surface area contributed by atoms with E-state index >= 15 is 0 Å². The van der Waals surface area contributed by atoms with Gasteiger partial charge in [-0.3, -0.25) is 0 Å². The first-order chi connectivity index (χ1) is 10.8. The maximum absolute atomic E-state index is 6.53. The minimum absolute atomic E-state index is 0.0808. The van der Waals surface area contributed by atoms with Crippen LogP contribution in [0.2, 0.25) is 0 Å². The molecule has 122 valence electrons. The molecule has 22 heavy (non-hydrogen) atoms. The molecule has 1 aromatic rings. The van der Waals surface area contributed by atoms with Crippen molar-refractivity contribution in [3.63, 3.8) is 0 Å². The van der Waals surface area contributed by atoms with Gasteiger partial charge in [0.1, 0.15) is 11.4 Å². The highest BCUT2D eigenvalue weighted by Crippen LogP contribution is 2.41. The molecule has 0 spiro atoms. The highest BCUT2D eigenvalue weighted by molar-refractivity contribution is 5.22. The Bertz CT molecular complexity index is 430. The van der Waals surface area contributed by atoms with Gasteiger partial charge in [-0.1, -0.05) is 38.0 Å². The van der Waals surface area contributed by atoms with Gasteiger partial charge in [0.25, 0.3) is 0 Å². The van der Waals surface area contributed by atoms with Gasteiger partial charge in [0, 0.05) is 0 Å². The van der Waals surface area contributed by atoms with E-state index in [1.165, 1.54) is 57.8 Å². The summed E-state index contributed by atoms with van der Waals surface area (Å²) in [6, 6.07) is 10.4. The standard InChI is InChI=1S/C20H30O2/c1-2-3-7-12-20(22-18-8-5-4-6-9-18)13-10-17(11-14-20)15-19-16-21-19/h4-6,8-9,17,19H,2-3,7,10-16H2,1H3/t17?,19-,20?/m0/s1. The second-order valence-electron chi connectivity index (χ2n) is 7.19. The second-order valence-corrected chi connectivity index (χ2v) is 7.19. The molecule has 2 heteroatoms. The first-order valence-electron chi connectivity index (χ1n) is 9.15. The summed E-state index contributed by atoms with van der Waals surface area (Å²) in [6.07, 6.45) is 12.0. The molecule has 0 unspecified atom stereocenters. The summed E-state index contributed by atoms with van der Waals surface area (Å²) in [5, 5.41) is 0. The average molecular weight is 302 g/mol. The topological polar surface area (TPSA) is 21.8 Å². The van der Waals surface area contributed by atoms with Crippen LogP contribution >= 0.6 is 0 Å². The number of epoxide rings is 1. The van der Waals surface area contributed by atoms with Crippen LogP contribution in [0.4, 0.5) is 0 Å². The van der Waals surface area contributed by atoms with Crippen LogP contribution in [0, 0.1) is 5.92 Å². The third-order valence-electron chi connectivity index (χ3n) is 5.33. The Hall–Kier alpha value is -1.02. The van der Waals surface area contributed by atoms with E-state index in [2.05, 4.69) is 37.3 Å².